The number of anilines is 1. The van der Waals surface area contributed by atoms with E-state index in [-0.39, 0.29) is 5.91 Å². The van der Waals surface area contributed by atoms with Gasteiger partial charge in [-0.15, -0.1) is 0 Å². The maximum absolute atomic E-state index is 12.5. The number of H-pyrrole nitrogens is 1. The molecule has 3 rings (SSSR count). The standard InChI is InChI=1S/C20H23N3O/c1-14-8-9-18(16(10-14)13-23(2)3)22-20(24)11-15-12-21-19-7-5-4-6-17(15)19/h4-10,12,21H,11,13H2,1-3H3,(H,22,24). The summed E-state index contributed by atoms with van der Waals surface area (Å²) >= 11 is 0. The number of hydrogen-bond donors (Lipinski definition) is 2. The largest absolute Gasteiger partial charge is 0.361 e. The fraction of sp³-hybridized carbons (Fsp3) is 0.250. The number of amides is 1. The molecular weight excluding hydrogens is 298 g/mol. The molecule has 1 amide bonds. The van der Waals surface area contributed by atoms with Gasteiger partial charge in [0.2, 0.25) is 5.91 Å². The first-order chi connectivity index (χ1) is 11.5. The van der Waals surface area contributed by atoms with E-state index in [9.17, 15) is 4.79 Å². The average Bonchev–Trinajstić information content (AvgIpc) is 2.93. The van der Waals surface area contributed by atoms with Gasteiger partial charge in [0.25, 0.3) is 0 Å². The lowest BCUT2D eigenvalue weighted by atomic mass is 10.1. The predicted octanol–water partition coefficient (Wildman–Crippen LogP) is 3.72. The SMILES string of the molecule is Cc1ccc(NC(=O)Cc2c[nH]c3ccccc23)c(CN(C)C)c1. The van der Waals surface area contributed by atoms with Crippen LogP contribution in [0.1, 0.15) is 16.7 Å². The maximum atomic E-state index is 12.5. The second-order valence-corrected chi connectivity index (χ2v) is 6.48. The Morgan fingerprint density at radius 1 is 1.12 bits per heavy atom. The Morgan fingerprint density at radius 3 is 2.71 bits per heavy atom. The van der Waals surface area contributed by atoms with E-state index in [4.69, 9.17) is 0 Å². The highest BCUT2D eigenvalue weighted by Crippen LogP contribution is 2.21. The monoisotopic (exact) mass is 321 g/mol. The van der Waals surface area contributed by atoms with Crippen LogP contribution in [-0.2, 0) is 17.8 Å². The number of carbonyl (C=O) groups is 1. The smallest absolute Gasteiger partial charge is 0.228 e. The summed E-state index contributed by atoms with van der Waals surface area (Å²) in [5, 5.41) is 4.17. The first-order valence-electron chi connectivity index (χ1n) is 8.12. The van der Waals surface area contributed by atoms with Crippen LogP contribution in [0.15, 0.2) is 48.7 Å². The molecule has 0 saturated heterocycles. The summed E-state index contributed by atoms with van der Waals surface area (Å²) in [6.45, 7) is 2.86. The van der Waals surface area contributed by atoms with Crippen molar-refractivity contribution in [1.82, 2.24) is 9.88 Å². The average molecular weight is 321 g/mol. The van der Waals surface area contributed by atoms with Crippen molar-refractivity contribution < 1.29 is 4.79 Å². The van der Waals surface area contributed by atoms with Gasteiger partial charge >= 0.3 is 0 Å². The Labute approximate surface area is 142 Å². The van der Waals surface area contributed by atoms with Gasteiger partial charge in [-0.1, -0.05) is 35.9 Å². The van der Waals surface area contributed by atoms with Gasteiger partial charge in [0, 0.05) is 29.3 Å². The molecule has 1 aromatic heterocycles. The van der Waals surface area contributed by atoms with Gasteiger partial charge < -0.3 is 15.2 Å². The van der Waals surface area contributed by atoms with Crippen molar-refractivity contribution in [2.75, 3.05) is 19.4 Å². The van der Waals surface area contributed by atoms with Crippen LogP contribution in [0, 0.1) is 6.92 Å². The summed E-state index contributed by atoms with van der Waals surface area (Å²) in [7, 11) is 4.06. The van der Waals surface area contributed by atoms with Crippen molar-refractivity contribution in [3.63, 3.8) is 0 Å². The second kappa shape index (κ2) is 6.89. The molecule has 0 aliphatic heterocycles. The fourth-order valence-electron chi connectivity index (χ4n) is 2.96. The van der Waals surface area contributed by atoms with E-state index >= 15 is 0 Å². The van der Waals surface area contributed by atoms with E-state index in [1.807, 2.05) is 56.7 Å². The molecule has 24 heavy (non-hydrogen) atoms. The van der Waals surface area contributed by atoms with E-state index in [2.05, 4.69) is 28.2 Å². The Hall–Kier alpha value is -2.59. The lowest BCUT2D eigenvalue weighted by molar-refractivity contribution is -0.115. The van der Waals surface area contributed by atoms with Crippen molar-refractivity contribution in [3.8, 4) is 0 Å². The van der Waals surface area contributed by atoms with E-state index in [1.165, 1.54) is 5.56 Å². The Bertz CT molecular complexity index is 864. The maximum Gasteiger partial charge on any atom is 0.228 e. The molecular formula is C20H23N3O. The van der Waals surface area contributed by atoms with Crippen molar-refractivity contribution >= 4 is 22.5 Å². The Morgan fingerprint density at radius 2 is 1.92 bits per heavy atom. The van der Waals surface area contributed by atoms with Crippen molar-refractivity contribution in [1.29, 1.82) is 0 Å². The minimum atomic E-state index is 0.00334. The molecule has 0 aliphatic carbocycles. The minimum Gasteiger partial charge on any atom is -0.361 e. The van der Waals surface area contributed by atoms with Gasteiger partial charge in [-0.3, -0.25) is 4.79 Å². The lowest BCUT2D eigenvalue weighted by Crippen LogP contribution is -2.18. The summed E-state index contributed by atoms with van der Waals surface area (Å²) in [4.78, 5) is 17.8. The van der Waals surface area contributed by atoms with Crippen molar-refractivity contribution in [2.24, 2.45) is 0 Å². The van der Waals surface area contributed by atoms with Gasteiger partial charge in [0.1, 0.15) is 0 Å². The molecule has 4 heteroatoms. The third kappa shape index (κ3) is 3.66. The van der Waals surface area contributed by atoms with E-state index in [0.29, 0.717) is 6.42 Å². The fourth-order valence-corrected chi connectivity index (χ4v) is 2.96. The Balaban J connectivity index is 1.77. The van der Waals surface area contributed by atoms with Crippen LogP contribution >= 0.6 is 0 Å². The van der Waals surface area contributed by atoms with E-state index in [0.717, 1.165) is 34.3 Å². The number of carbonyl (C=O) groups excluding carboxylic acids is 1. The third-order valence-electron chi connectivity index (χ3n) is 4.05. The van der Waals surface area contributed by atoms with Gasteiger partial charge in [-0.05, 0) is 44.3 Å². The molecule has 0 bridgehead atoms. The van der Waals surface area contributed by atoms with Crippen LogP contribution in [0.4, 0.5) is 5.69 Å². The highest BCUT2D eigenvalue weighted by Gasteiger charge is 2.11. The van der Waals surface area contributed by atoms with Crippen LogP contribution in [0.25, 0.3) is 10.9 Å². The molecule has 0 spiro atoms. The van der Waals surface area contributed by atoms with Crippen LogP contribution in [0.3, 0.4) is 0 Å². The number of nitrogens with zero attached hydrogens (tertiary/aromatic N) is 1. The number of benzene rings is 2. The highest BCUT2D eigenvalue weighted by atomic mass is 16.1. The number of aromatic nitrogens is 1. The number of aryl methyl sites for hydroxylation is 1. The number of rotatable bonds is 5. The molecule has 1 heterocycles. The van der Waals surface area contributed by atoms with Crippen LogP contribution < -0.4 is 5.32 Å². The summed E-state index contributed by atoms with van der Waals surface area (Å²) < 4.78 is 0. The Kier molecular flexibility index (Phi) is 4.67. The predicted molar refractivity (Wildman–Crippen MR) is 99.2 cm³/mol. The molecule has 2 aromatic carbocycles. The van der Waals surface area contributed by atoms with Gasteiger partial charge in [0.05, 0.1) is 6.42 Å². The zero-order chi connectivity index (χ0) is 17.1. The first kappa shape index (κ1) is 16.3. The zero-order valence-corrected chi connectivity index (χ0v) is 14.4. The topological polar surface area (TPSA) is 48.1 Å². The van der Waals surface area contributed by atoms with Crippen LogP contribution in [0.5, 0.6) is 0 Å². The number of fused-ring (bicyclic) bond motifs is 1. The molecule has 0 fully saturated rings. The number of hydrogen-bond acceptors (Lipinski definition) is 2. The molecule has 0 saturated carbocycles. The molecule has 0 atom stereocenters. The lowest BCUT2D eigenvalue weighted by Gasteiger charge is -2.15. The van der Waals surface area contributed by atoms with Gasteiger partial charge in [0.15, 0.2) is 0 Å². The highest BCUT2D eigenvalue weighted by molar-refractivity contribution is 5.96. The molecule has 124 valence electrons. The molecule has 3 aromatic rings. The van der Waals surface area contributed by atoms with Gasteiger partial charge in [-0.25, -0.2) is 0 Å². The molecule has 0 aliphatic rings. The van der Waals surface area contributed by atoms with Crippen LogP contribution in [0.2, 0.25) is 0 Å². The second-order valence-electron chi connectivity index (χ2n) is 6.48. The number of nitrogens with one attached hydrogen (secondary N) is 2. The van der Waals surface area contributed by atoms with E-state index in [1.54, 1.807) is 0 Å². The summed E-state index contributed by atoms with van der Waals surface area (Å²) in [5.74, 6) is 0.00334. The molecule has 0 unspecified atom stereocenters. The summed E-state index contributed by atoms with van der Waals surface area (Å²) in [6.07, 6.45) is 2.28. The summed E-state index contributed by atoms with van der Waals surface area (Å²) in [5.41, 5.74) is 5.29. The van der Waals surface area contributed by atoms with Crippen molar-refractivity contribution in [2.45, 2.75) is 19.9 Å². The molecule has 2 N–H and O–H groups in total. The molecule has 4 nitrogen and oxygen atoms in total. The third-order valence-corrected chi connectivity index (χ3v) is 4.05. The van der Waals surface area contributed by atoms with E-state index < -0.39 is 0 Å². The first-order valence-corrected chi connectivity index (χ1v) is 8.12. The zero-order valence-electron chi connectivity index (χ0n) is 14.4. The number of aromatic amines is 1. The molecule has 0 radical (unpaired) electrons. The van der Waals surface area contributed by atoms with Crippen molar-refractivity contribution in [3.05, 3.63) is 65.4 Å². The summed E-state index contributed by atoms with van der Waals surface area (Å²) in [6, 6.07) is 14.2. The normalized spacial score (nSPS) is 11.2. The number of para-hydroxylation sites is 1. The van der Waals surface area contributed by atoms with Crippen LogP contribution in [-0.4, -0.2) is 29.9 Å². The quantitative estimate of drug-likeness (QED) is 0.752. The van der Waals surface area contributed by atoms with Gasteiger partial charge in [-0.2, -0.15) is 0 Å². The minimum absolute atomic E-state index is 0.00334.